The summed E-state index contributed by atoms with van der Waals surface area (Å²) in [5, 5.41) is 19.7. The highest BCUT2D eigenvalue weighted by atomic mass is 16.3. The molecule has 0 saturated heterocycles. The maximum atomic E-state index is 11.8. The fourth-order valence-electron chi connectivity index (χ4n) is 1.81. The second-order valence-electron chi connectivity index (χ2n) is 4.73. The molecule has 0 spiro atoms. The molecule has 1 aromatic heterocycles. The van der Waals surface area contributed by atoms with Gasteiger partial charge in [0.15, 0.2) is 0 Å². The number of hydrogen-bond acceptors (Lipinski definition) is 4. The first-order chi connectivity index (χ1) is 7.51. The molecule has 2 unspecified atom stereocenters. The van der Waals surface area contributed by atoms with Gasteiger partial charge in [-0.2, -0.15) is 10.2 Å². The minimum atomic E-state index is -0.339. The van der Waals surface area contributed by atoms with E-state index < -0.39 is 0 Å². The number of amides is 1. The summed E-state index contributed by atoms with van der Waals surface area (Å²) >= 11 is 0. The minimum Gasteiger partial charge on any atom is -0.392 e. The van der Waals surface area contributed by atoms with E-state index in [1.807, 2.05) is 13.8 Å². The molecule has 16 heavy (non-hydrogen) atoms. The first-order valence-electron chi connectivity index (χ1n) is 5.27. The molecule has 0 radical (unpaired) electrons. The third-order valence-corrected chi connectivity index (χ3v) is 3.37. The van der Waals surface area contributed by atoms with E-state index in [2.05, 4.69) is 15.5 Å². The third-order valence-electron chi connectivity index (χ3n) is 3.37. The van der Waals surface area contributed by atoms with Crippen molar-refractivity contribution in [3.63, 3.8) is 0 Å². The lowest BCUT2D eigenvalue weighted by Gasteiger charge is -2.49. The van der Waals surface area contributed by atoms with Crippen molar-refractivity contribution in [1.82, 2.24) is 15.5 Å². The van der Waals surface area contributed by atoms with E-state index in [-0.39, 0.29) is 23.5 Å². The molecule has 1 amide bonds. The fourth-order valence-corrected chi connectivity index (χ4v) is 1.81. The number of carbonyl (C=O) groups excluding carboxylic acids is 1. The number of nitrogens with one attached hydrogen (secondary N) is 1. The fraction of sp³-hybridized carbons (Fsp3) is 0.545. The van der Waals surface area contributed by atoms with Gasteiger partial charge in [-0.25, -0.2) is 0 Å². The van der Waals surface area contributed by atoms with Crippen LogP contribution in [0.1, 0.15) is 30.6 Å². The van der Waals surface area contributed by atoms with Gasteiger partial charge in [-0.3, -0.25) is 4.79 Å². The molecular formula is C11H15N3O2. The van der Waals surface area contributed by atoms with Crippen molar-refractivity contribution in [2.45, 2.75) is 32.4 Å². The van der Waals surface area contributed by atoms with Crippen molar-refractivity contribution in [2.75, 3.05) is 0 Å². The third kappa shape index (κ3) is 1.78. The number of carbonyl (C=O) groups is 1. The van der Waals surface area contributed by atoms with Crippen LogP contribution in [0.15, 0.2) is 18.5 Å². The quantitative estimate of drug-likeness (QED) is 0.756. The van der Waals surface area contributed by atoms with E-state index in [9.17, 15) is 9.90 Å². The average Bonchev–Trinajstić information content (AvgIpc) is 2.29. The van der Waals surface area contributed by atoms with Crippen LogP contribution in [0, 0.1) is 5.41 Å². The zero-order valence-corrected chi connectivity index (χ0v) is 9.34. The Morgan fingerprint density at radius 1 is 1.56 bits per heavy atom. The first-order valence-corrected chi connectivity index (χ1v) is 5.27. The van der Waals surface area contributed by atoms with Crippen molar-refractivity contribution >= 4 is 5.91 Å². The number of rotatable bonds is 2. The zero-order valence-electron chi connectivity index (χ0n) is 9.34. The van der Waals surface area contributed by atoms with Crippen LogP contribution in [0.4, 0.5) is 0 Å². The molecule has 0 bridgehead atoms. The molecule has 1 fully saturated rings. The molecule has 5 nitrogen and oxygen atoms in total. The topological polar surface area (TPSA) is 75.1 Å². The van der Waals surface area contributed by atoms with Gasteiger partial charge in [0.05, 0.1) is 24.1 Å². The van der Waals surface area contributed by atoms with Gasteiger partial charge in [0.2, 0.25) is 0 Å². The van der Waals surface area contributed by atoms with E-state index in [4.69, 9.17) is 0 Å². The van der Waals surface area contributed by atoms with Crippen molar-refractivity contribution < 1.29 is 9.90 Å². The van der Waals surface area contributed by atoms with Gasteiger partial charge in [0, 0.05) is 11.5 Å². The van der Waals surface area contributed by atoms with E-state index >= 15 is 0 Å². The Kier molecular flexibility index (Phi) is 2.63. The SMILES string of the molecule is CC1(C)C(O)CC1NC(=O)c1ccnnc1. The Hall–Kier alpha value is -1.49. The van der Waals surface area contributed by atoms with Crippen molar-refractivity contribution in [1.29, 1.82) is 0 Å². The number of aromatic nitrogens is 2. The van der Waals surface area contributed by atoms with Gasteiger partial charge >= 0.3 is 0 Å². The lowest BCUT2D eigenvalue weighted by molar-refractivity contribution is -0.0689. The van der Waals surface area contributed by atoms with Crippen molar-refractivity contribution in [3.05, 3.63) is 24.0 Å². The van der Waals surface area contributed by atoms with E-state index in [0.717, 1.165) is 0 Å². The van der Waals surface area contributed by atoms with Crippen molar-refractivity contribution in [3.8, 4) is 0 Å². The molecule has 1 aromatic rings. The van der Waals surface area contributed by atoms with Gasteiger partial charge in [-0.05, 0) is 12.5 Å². The van der Waals surface area contributed by atoms with Crippen LogP contribution in [0.25, 0.3) is 0 Å². The zero-order chi connectivity index (χ0) is 11.8. The van der Waals surface area contributed by atoms with Crippen LogP contribution in [0.5, 0.6) is 0 Å². The summed E-state index contributed by atoms with van der Waals surface area (Å²) in [6, 6.07) is 1.63. The predicted molar refractivity (Wildman–Crippen MR) is 57.7 cm³/mol. The Labute approximate surface area is 93.9 Å². The summed E-state index contributed by atoms with van der Waals surface area (Å²) in [5.74, 6) is -0.167. The molecule has 2 rings (SSSR count). The van der Waals surface area contributed by atoms with Crippen LogP contribution in [-0.2, 0) is 0 Å². The highest BCUT2D eigenvalue weighted by Crippen LogP contribution is 2.40. The van der Waals surface area contributed by atoms with E-state index in [1.165, 1.54) is 12.4 Å². The van der Waals surface area contributed by atoms with Gasteiger partial charge in [0.25, 0.3) is 5.91 Å². The molecule has 2 N–H and O–H groups in total. The smallest absolute Gasteiger partial charge is 0.253 e. The van der Waals surface area contributed by atoms with Gasteiger partial charge in [-0.1, -0.05) is 13.8 Å². The average molecular weight is 221 g/mol. The molecule has 1 aliphatic carbocycles. The molecule has 1 saturated carbocycles. The number of aliphatic hydroxyl groups is 1. The number of nitrogens with zero attached hydrogens (tertiary/aromatic N) is 2. The standard InChI is InChI=1S/C11H15N3O2/c1-11(2)8(5-9(11)15)14-10(16)7-3-4-12-13-6-7/h3-4,6,8-9,15H,5H2,1-2H3,(H,14,16). The lowest BCUT2D eigenvalue weighted by Crippen LogP contribution is -2.61. The molecule has 0 aliphatic heterocycles. The molecule has 1 aliphatic rings. The summed E-state index contributed by atoms with van der Waals surface area (Å²) in [6.45, 7) is 3.88. The molecule has 2 atom stereocenters. The normalized spacial score (nSPS) is 26.9. The van der Waals surface area contributed by atoms with Gasteiger partial charge in [-0.15, -0.1) is 0 Å². The molecule has 5 heteroatoms. The van der Waals surface area contributed by atoms with Crippen LogP contribution in [-0.4, -0.2) is 33.4 Å². The summed E-state index contributed by atoms with van der Waals surface area (Å²) in [7, 11) is 0. The lowest BCUT2D eigenvalue weighted by atomic mass is 9.64. The second kappa shape index (κ2) is 3.83. The van der Waals surface area contributed by atoms with E-state index in [1.54, 1.807) is 6.07 Å². The Balaban J connectivity index is 2.00. The summed E-state index contributed by atoms with van der Waals surface area (Å²) < 4.78 is 0. The maximum absolute atomic E-state index is 11.8. The largest absolute Gasteiger partial charge is 0.392 e. The van der Waals surface area contributed by atoms with Crippen molar-refractivity contribution in [2.24, 2.45) is 5.41 Å². The number of hydrogen-bond donors (Lipinski definition) is 2. The predicted octanol–water partition coefficient (Wildman–Crippen LogP) is 0.366. The Morgan fingerprint density at radius 2 is 2.31 bits per heavy atom. The Morgan fingerprint density at radius 3 is 2.81 bits per heavy atom. The summed E-state index contributed by atoms with van der Waals surface area (Å²) in [5.41, 5.74) is 0.239. The van der Waals surface area contributed by atoms with Crippen LogP contribution < -0.4 is 5.32 Å². The van der Waals surface area contributed by atoms with E-state index in [0.29, 0.717) is 12.0 Å². The molecule has 86 valence electrons. The second-order valence-corrected chi connectivity index (χ2v) is 4.73. The monoisotopic (exact) mass is 221 g/mol. The van der Waals surface area contributed by atoms with Crippen LogP contribution in [0.2, 0.25) is 0 Å². The molecule has 1 heterocycles. The molecule has 0 aromatic carbocycles. The van der Waals surface area contributed by atoms with Crippen LogP contribution in [0.3, 0.4) is 0 Å². The summed E-state index contributed by atoms with van der Waals surface area (Å²) in [6.07, 6.45) is 3.18. The van der Waals surface area contributed by atoms with Crippen LogP contribution >= 0.6 is 0 Å². The van der Waals surface area contributed by atoms with Gasteiger partial charge < -0.3 is 10.4 Å². The Bertz CT molecular complexity index is 391. The molecular weight excluding hydrogens is 206 g/mol. The first kappa shape index (κ1) is 11.0. The maximum Gasteiger partial charge on any atom is 0.253 e. The highest BCUT2D eigenvalue weighted by Gasteiger charge is 2.47. The minimum absolute atomic E-state index is 0.0168. The number of aliphatic hydroxyl groups excluding tert-OH is 1. The summed E-state index contributed by atoms with van der Waals surface area (Å²) in [4.78, 5) is 11.8. The van der Waals surface area contributed by atoms with Gasteiger partial charge in [0.1, 0.15) is 0 Å². The highest BCUT2D eigenvalue weighted by molar-refractivity contribution is 5.94.